The Balaban J connectivity index is 1.70. The Bertz CT molecular complexity index is 821. The molecule has 2 aromatic rings. The normalized spacial score (nSPS) is 15.5. The highest BCUT2D eigenvalue weighted by Gasteiger charge is 2.27. The lowest BCUT2D eigenvalue weighted by molar-refractivity contribution is -0.146. The van der Waals surface area contributed by atoms with Crippen LogP contribution >= 0.6 is 23.1 Å². The van der Waals surface area contributed by atoms with Crippen LogP contribution in [0.2, 0.25) is 0 Å². The molecule has 8 heteroatoms. The topological polar surface area (TPSA) is 81.2 Å². The molecule has 1 N–H and O–H groups in total. The van der Waals surface area contributed by atoms with Gasteiger partial charge in [-0.25, -0.2) is 14.8 Å². The summed E-state index contributed by atoms with van der Waals surface area (Å²) < 4.78 is 4.82. The van der Waals surface area contributed by atoms with Gasteiger partial charge in [0.1, 0.15) is 22.2 Å². The summed E-state index contributed by atoms with van der Waals surface area (Å²) in [4.78, 5) is 35.5. The number of methoxy groups -OCH3 is 1. The molecule has 0 aliphatic heterocycles. The van der Waals surface area contributed by atoms with Crippen molar-refractivity contribution < 1.29 is 14.3 Å². The highest BCUT2D eigenvalue weighted by Crippen LogP contribution is 2.39. The maximum Gasteiger partial charge on any atom is 0.328 e. The molecule has 1 aliphatic rings. The van der Waals surface area contributed by atoms with E-state index in [1.54, 1.807) is 17.7 Å². The van der Waals surface area contributed by atoms with Crippen LogP contribution in [0.3, 0.4) is 0 Å². The summed E-state index contributed by atoms with van der Waals surface area (Å²) in [7, 11) is 1.34. The van der Waals surface area contributed by atoms with Gasteiger partial charge in [0.15, 0.2) is 0 Å². The van der Waals surface area contributed by atoms with Crippen molar-refractivity contribution in [3.8, 4) is 0 Å². The van der Waals surface area contributed by atoms with Crippen LogP contribution in [0.15, 0.2) is 11.4 Å². The predicted octanol–water partition coefficient (Wildman–Crippen LogP) is 2.98. The Kier molecular flexibility index (Phi) is 6.13. The number of thioether (sulfide) groups is 1. The molecule has 1 aliphatic carbocycles. The molecule has 0 saturated carbocycles. The SMILES string of the molecule is CC[C@H](C)[C@H](NC(=O)CSc1ncnc2sc3c(c12)CCC3)C(=O)OC. The number of esters is 1. The molecular formula is C18H23N3O3S2. The number of amides is 1. The largest absolute Gasteiger partial charge is 0.467 e. The zero-order chi connectivity index (χ0) is 18.7. The van der Waals surface area contributed by atoms with Gasteiger partial charge in [-0.2, -0.15) is 0 Å². The molecule has 3 rings (SSSR count). The van der Waals surface area contributed by atoms with Crippen LogP contribution in [-0.2, 0) is 27.2 Å². The van der Waals surface area contributed by atoms with Gasteiger partial charge in [-0.15, -0.1) is 11.3 Å². The number of fused-ring (bicyclic) bond motifs is 3. The van der Waals surface area contributed by atoms with Crippen LogP contribution in [0.25, 0.3) is 10.2 Å². The molecule has 0 saturated heterocycles. The maximum atomic E-state index is 12.4. The molecule has 2 atom stereocenters. The molecule has 0 aromatic carbocycles. The number of aromatic nitrogens is 2. The van der Waals surface area contributed by atoms with Crippen LogP contribution in [0, 0.1) is 5.92 Å². The van der Waals surface area contributed by atoms with E-state index in [1.165, 1.54) is 35.7 Å². The zero-order valence-corrected chi connectivity index (χ0v) is 16.8. The third-order valence-corrected chi connectivity index (χ3v) is 6.98. The lowest BCUT2D eigenvalue weighted by atomic mass is 9.99. The first kappa shape index (κ1) is 19.1. The number of hydrogen-bond acceptors (Lipinski definition) is 7. The minimum absolute atomic E-state index is 0.0160. The number of nitrogens with zero attached hydrogens (tertiary/aromatic N) is 2. The summed E-state index contributed by atoms with van der Waals surface area (Å²) in [6.07, 6.45) is 5.68. The number of thiophene rings is 1. The Morgan fingerprint density at radius 2 is 2.19 bits per heavy atom. The fourth-order valence-electron chi connectivity index (χ4n) is 3.15. The van der Waals surface area contributed by atoms with Gasteiger partial charge in [-0.05, 0) is 30.7 Å². The van der Waals surface area contributed by atoms with E-state index in [1.807, 2.05) is 13.8 Å². The summed E-state index contributed by atoms with van der Waals surface area (Å²) in [6, 6.07) is -0.617. The van der Waals surface area contributed by atoms with Crippen molar-refractivity contribution in [2.45, 2.75) is 50.6 Å². The fraction of sp³-hybridized carbons (Fsp3) is 0.556. The molecule has 26 heavy (non-hydrogen) atoms. The standard InChI is InChI=1S/C18H23N3O3S2/c1-4-10(2)15(18(23)24-3)21-13(22)8-25-16-14-11-6-5-7-12(11)26-17(14)20-9-19-16/h9-10,15H,4-8H2,1-3H3,(H,21,22)/t10-,15-/m0/s1. The van der Waals surface area contributed by atoms with Crippen LogP contribution in [-0.4, -0.2) is 40.7 Å². The van der Waals surface area contributed by atoms with Crippen molar-refractivity contribution in [2.75, 3.05) is 12.9 Å². The smallest absolute Gasteiger partial charge is 0.328 e. The summed E-state index contributed by atoms with van der Waals surface area (Å²) in [5.41, 5.74) is 1.35. The molecule has 1 amide bonds. The quantitative estimate of drug-likeness (QED) is 0.442. The Labute approximate surface area is 161 Å². The molecule has 2 aromatic heterocycles. The van der Waals surface area contributed by atoms with Crippen molar-refractivity contribution in [1.29, 1.82) is 0 Å². The van der Waals surface area contributed by atoms with Crippen molar-refractivity contribution >= 4 is 45.2 Å². The van der Waals surface area contributed by atoms with Gasteiger partial charge in [0.2, 0.25) is 5.91 Å². The van der Waals surface area contributed by atoms with Gasteiger partial charge in [-0.1, -0.05) is 32.0 Å². The lowest BCUT2D eigenvalue weighted by Gasteiger charge is -2.21. The molecular weight excluding hydrogens is 370 g/mol. The van der Waals surface area contributed by atoms with Crippen LogP contribution < -0.4 is 5.32 Å². The number of nitrogens with one attached hydrogen (secondary N) is 1. The number of ether oxygens (including phenoxy) is 1. The van der Waals surface area contributed by atoms with E-state index < -0.39 is 12.0 Å². The molecule has 0 spiro atoms. The summed E-state index contributed by atoms with van der Waals surface area (Å²) in [5, 5.41) is 4.76. The maximum absolute atomic E-state index is 12.4. The zero-order valence-electron chi connectivity index (χ0n) is 15.2. The summed E-state index contributed by atoms with van der Waals surface area (Å²) in [5.74, 6) is -0.370. The first-order valence-corrected chi connectivity index (χ1v) is 10.6. The minimum Gasteiger partial charge on any atom is -0.467 e. The van der Waals surface area contributed by atoms with Gasteiger partial charge in [0.05, 0.1) is 12.9 Å². The van der Waals surface area contributed by atoms with E-state index in [-0.39, 0.29) is 17.6 Å². The van der Waals surface area contributed by atoms with E-state index in [0.29, 0.717) is 0 Å². The fourth-order valence-corrected chi connectivity index (χ4v) is 5.28. The Morgan fingerprint density at radius 1 is 1.38 bits per heavy atom. The van der Waals surface area contributed by atoms with E-state index in [2.05, 4.69) is 15.3 Å². The lowest BCUT2D eigenvalue weighted by Crippen LogP contribution is -2.46. The number of carbonyl (C=O) groups is 2. The number of carbonyl (C=O) groups excluding carboxylic acids is 2. The van der Waals surface area contributed by atoms with E-state index in [4.69, 9.17) is 4.74 Å². The highest BCUT2D eigenvalue weighted by atomic mass is 32.2. The molecule has 0 fully saturated rings. The van der Waals surface area contributed by atoms with Crippen molar-refractivity contribution in [3.63, 3.8) is 0 Å². The Morgan fingerprint density at radius 3 is 2.92 bits per heavy atom. The average Bonchev–Trinajstić information content (AvgIpc) is 3.24. The average molecular weight is 394 g/mol. The molecule has 0 bridgehead atoms. The van der Waals surface area contributed by atoms with Gasteiger partial charge in [0.25, 0.3) is 0 Å². The van der Waals surface area contributed by atoms with Gasteiger partial charge < -0.3 is 10.1 Å². The van der Waals surface area contributed by atoms with E-state index in [0.717, 1.165) is 34.5 Å². The van der Waals surface area contributed by atoms with E-state index in [9.17, 15) is 9.59 Å². The number of rotatable bonds is 7. The van der Waals surface area contributed by atoms with Crippen LogP contribution in [0.5, 0.6) is 0 Å². The highest BCUT2D eigenvalue weighted by molar-refractivity contribution is 8.00. The molecule has 140 valence electrons. The first-order valence-electron chi connectivity index (χ1n) is 8.80. The number of aryl methyl sites for hydroxylation is 2. The predicted molar refractivity (Wildman–Crippen MR) is 104 cm³/mol. The monoisotopic (exact) mass is 393 g/mol. The second-order valence-corrected chi connectivity index (χ2v) is 8.51. The van der Waals surface area contributed by atoms with Gasteiger partial charge in [0, 0.05) is 10.3 Å². The van der Waals surface area contributed by atoms with Gasteiger partial charge >= 0.3 is 5.97 Å². The van der Waals surface area contributed by atoms with E-state index >= 15 is 0 Å². The second kappa shape index (κ2) is 8.35. The summed E-state index contributed by atoms with van der Waals surface area (Å²) >= 11 is 3.13. The Hall–Kier alpha value is -1.67. The molecule has 2 heterocycles. The molecule has 6 nitrogen and oxygen atoms in total. The van der Waals surface area contributed by atoms with Gasteiger partial charge in [-0.3, -0.25) is 4.79 Å². The third kappa shape index (κ3) is 3.86. The molecule has 0 unspecified atom stereocenters. The van der Waals surface area contributed by atoms with Crippen molar-refractivity contribution in [2.24, 2.45) is 5.92 Å². The number of hydrogen-bond donors (Lipinski definition) is 1. The van der Waals surface area contributed by atoms with Crippen molar-refractivity contribution in [1.82, 2.24) is 15.3 Å². The first-order chi connectivity index (χ1) is 12.5. The van der Waals surface area contributed by atoms with Crippen molar-refractivity contribution in [3.05, 3.63) is 16.8 Å². The summed E-state index contributed by atoms with van der Waals surface area (Å²) in [6.45, 7) is 3.91. The molecule has 0 radical (unpaired) electrons. The second-order valence-electron chi connectivity index (χ2n) is 6.46. The third-order valence-electron chi connectivity index (χ3n) is 4.79. The van der Waals surface area contributed by atoms with Crippen LogP contribution in [0.1, 0.15) is 37.1 Å². The van der Waals surface area contributed by atoms with Crippen LogP contribution in [0.4, 0.5) is 0 Å². The minimum atomic E-state index is -0.617.